The molecule has 3 aromatic rings. The van der Waals surface area contributed by atoms with E-state index < -0.39 is 5.97 Å². The number of thiophene rings is 1. The van der Waals surface area contributed by atoms with E-state index in [0.29, 0.717) is 16.9 Å². The number of benzene rings is 1. The highest BCUT2D eigenvalue weighted by Crippen LogP contribution is 2.36. The lowest BCUT2D eigenvalue weighted by Crippen LogP contribution is -2.08. The summed E-state index contributed by atoms with van der Waals surface area (Å²) in [6.45, 7) is 4.09. The monoisotopic (exact) mass is 370 g/mol. The van der Waals surface area contributed by atoms with E-state index in [1.807, 2.05) is 18.4 Å². The summed E-state index contributed by atoms with van der Waals surface area (Å²) < 4.78 is 18.2. The lowest BCUT2D eigenvalue weighted by Gasteiger charge is -2.13. The first-order chi connectivity index (χ1) is 12.5. The molecule has 0 bridgehead atoms. The first-order valence-corrected chi connectivity index (χ1v) is 8.69. The average molecular weight is 370 g/mol. The third kappa shape index (κ3) is 2.94. The van der Waals surface area contributed by atoms with Crippen molar-refractivity contribution in [1.29, 1.82) is 5.26 Å². The second-order valence-electron chi connectivity index (χ2n) is 5.71. The molecule has 0 fully saturated rings. The normalized spacial score (nSPS) is 10.7. The number of aryl methyl sites for hydroxylation is 2. The standard InChI is InChI=1S/C19H18N2O4S/c1-11-12(2)26-18-13(8-20)9-21(17(11)18)14-5-6-15(19(22)24-4)16(7-14)25-10-23-3/h5-7,9H,10H2,1-4H3. The van der Waals surface area contributed by atoms with E-state index in [1.165, 1.54) is 19.1 Å². The van der Waals surface area contributed by atoms with Crippen molar-refractivity contribution in [1.82, 2.24) is 4.57 Å². The van der Waals surface area contributed by atoms with Gasteiger partial charge in [-0.15, -0.1) is 11.3 Å². The molecule has 0 aliphatic carbocycles. The topological polar surface area (TPSA) is 73.5 Å². The molecule has 0 spiro atoms. The summed E-state index contributed by atoms with van der Waals surface area (Å²) in [4.78, 5) is 13.1. The molecule has 0 saturated heterocycles. The molecule has 0 N–H and O–H groups in total. The SMILES string of the molecule is COCOc1cc(-n2cc(C#N)c3sc(C)c(C)c32)ccc1C(=O)OC. The molecule has 0 radical (unpaired) electrons. The molecule has 26 heavy (non-hydrogen) atoms. The fourth-order valence-corrected chi connectivity index (χ4v) is 3.92. The minimum atomic E-state index is -0.486. The zero-order valence-corrected chi connectivity index (χ0v) is 15.8. The van der Waals surface area contributed by atoms with Gasteiger partial charge < -0.3 is 18.8 Å². The Labute approximate surface area is 155 Å². The van der Waals surface area contributed by atoms with E-state index in [9.17, 15) is 10.1 Å². The number of fused-ring (bicyclic) bond motifs is 1. The van der Waals surface area contributed by atoms with Crippen molar-refractivity contribution < 1.29 is 19.0 Å². The first kappa shape index (κ1) is 18.0. The molecule has 0 aliphatic heterocycles. The Kier molecular flexibility index (Phi) is 4.98. The van der Waals surface area contributed by atoms with Gasteiger partial charge in [0.1, 0.15) is 17.4 Å². The van der Waals surface area contributed by atoms with Crippen molar-refractivity contribution in [3.05, 3.63) is 46.0 Å². The molecule has 0 saturated carbocycles. The molecule has 0 unspecified atom stereocenters. The molecule has 0 atom stereocenters. The predicted octanol–water partition coefficient (Wildman–Crippen LogP) is 3.95. The third-order valence-corrected chi connectivity index (χ3v) is 5.43. The molecule has 3 rings (SSSR count). The Morgan fingerprint density at radius 1 is 1.31 bits per heavy atom. The minimum Gasteiger partial charge on any atom is -0.467 e. The summed E-state index contributed by atoms with van der Waals surface area (Å²) in [7, 11) is 2.83. The Morgan fingerprint density at radius 2 is 2.08 bits per heavy atom. The molecule has 0 amide bonds. The van der Waals surface area contributed by atoms with Gasteiger partial charge in [-0.1, -0.05) is 0 Å². The number of methoxy groups -OCH3 is 2. The largest absolute Gasteiger partial charge is 0.467 e. The number of esters is 1. The van der Waals surface area contributed by atoms with Crippen LogP contribution in [0.3, 0.4) is 0 Å². The van der Waals surface area contributed by atoms with Gasteiger partial charge in [0, 0.05) is 29.9 Å². The lowest BCUT2D eigenvalue weighted by atomic mass is 10.1. The molecule has 0 aliphatic rings. The molecule has 2 aromatic heterocycles. The Balaban J connectivity index is 2.20. The van der Waals surface area contributed by atoms with Crippen molar-refractivity contribution in [2.24, 2.45) is 0 Å². The maximum Gasteiger partial charge on any atom is 0.341 e. The van der Waals surface area contributed by atoms with Crippen LogP contribution < -0.4 is 4.74 Å². The predicted molar refractivity (Wildman–Crippen MR) is 99.2 cm³/mol. The second-order valence-corrected chi connectivity index (χ2v) is 6.93. The minimum absolute atomic E-state index is 0.00850. The highest BCUT2D eigenvalue weighted by molar-refractivity contribution is 7.19. The van der Waals surface area contributed by atoms with Gasteiger partial charge in [-0.2, -0.15) is 5.26 Å². The van der Waals surface area contributed by atoms with Gasteiger partial charge in [0.05, 0.1) is 22.9 Å². The van der Waals surface area contributed by atoms with Crippen LogP contribution in [-0.4, -0.2) is 31.5 Å². The quantitative estimate of drug-likeness (QED) is 0.502. The fourth-order valence-electron chi connectivity index (χ4n) is 2.80. The van der Waals surface area contributed by atoms with Crippen LogP contribution in [0.2, 0.25) is 0 Å². The summed E-state index contributed by atoms with van der Waals surface area (Å²) in [6.07, 6.45) is 1.81. The highest BCUT2D eigenvalue weighted by atomic mass is 32.1. The summed E-state index contributed by atoms with van der Waals surface area (Å²) in [5.74, 6) is -0.123. The van der Waals surface area contributed by atoms with E-state index in [0.717, 1.165) is 21.5 Å². The van der Waals surface area contributed by atoms with Gasteiger partial charge in [-0.05, 0) is 31.5 Å². The second kappa shape index (κ2) is 7.20. The van der Waals surface area contributed by atoms with Gasteiger partial charge >= 0.3 is 5.97 Å². The summed E-state index contributed by atoms with van der Waals surface area (Å²) in [5, 5.41) is 9.46. The van der Waals surface area contributed by atoms with Gasteiger partial charge in [-0.3, -0.25) is 0 Å². The van der Waals surface area contributed by atoms with Gasteiger partial charge in [0.2, 0.25) is 0 Å². The molecular weight excluding hydrogens is 352 g/mol. The number of ether oxygens (including phenoxy) is 3. The number of carbonyl (C=O) groups is 1. The van der Waals surface area contributed by atoms with Gasteiger partial charge in [-0.25, -0.2) is 4.79 Å². The molecule has 134 valence electrons. The van der Waals surface area contributed by atoms with E-state index in [4.69, 9.17) is 14.2 Å². The van der Waals surface area contributed by atoms with Crippen LogP contribution in [0.4, 0.5) is 0 Å². The number of hydrogen-bond donors (Lipinski definition) is 0. The zero-order valence-electron chi connectivity index (χ0n) is 15.0. The number of hydrogen-bond acceptors (Lipinski definition) is 6. The van der Waals surface area contributed by atoms with Gasteiger partial charge in [0.25, 0.3) is 0 Å². The molecule has 6 nitrogen and oxygen atoms in total. The third-order valence-electron chi connectivity index (χ3n) is 4.20. The molecule has 1 aromatic carbocycles. The van der Waals surface area contributed by atoms with E-state index in [-0.39, 0.29) is 6.79 Å². The molecular formula is C19H18N2O4S. The van der Waals surface area contributed by atoms with Crippen molar-refractivity contribution in [3.63, 3.8) is 0 Å². The number of aromatic nitrogens is 1. The number of nitriles is 1. The highest BCUT2D eigenvalue weighted by Gasteiger charge is 2.19. The summed E-state index contributed by atoms with van der Waals surface area (Å²) in [6, 6.07) is 7.46. The summed E-state index contributed by atoms with van der Waals surface area (Å²) in [5.41, 5.74) is 3.85. The van der Waals surface area contributed by atoms with Crippen LogP contribution in [0.15, 0.2) is 24.4 Å². The van der Waals surface area contributed by atoms with E-state index in [1.54, 1.807) is 35.7 Å². The number of nitrogens with zero attached hydrogens (tertiary/aromatic N) is 2. The average Bonchev–Trinajstić information content (AvgIpc) is 3.16. The number of carbonyl (C=O) groups excluding carboxylic acids is 1. The van der Waals surface area contributed by atoms with Crippen molar-refractivity contribution in [2.75, 3.05) is 21.0 Å². The Hall–Kier alpha value is -2.82. The maximum atomic E-state index is 12.0. The Bertz CT molecular complexity index is 1030. The van der Waals surface area contributed by atoms with Gasteiger partial charge in [0.15, 0.2) is 6.79 Å². The van der Waals surface area contributed by atoms with Crippen LogP contribution in [0.1, 0.15) is 26.4 Å². The molecule has 7 heteroatoms. The van der Waals surface area contributed by atoms with Crippen LogP contribution in [-0.2, 0) is 9.47 Å². The Morgan fingerprint density at radius 3 is 2.73 bits per heavy atom. The van der Waals surface area contributed by atoms with Crippen LogP contribution in [0.5, 0.6) is 5.75 Å². The van der Waals surface area contributed by atoms with Crippen molar-refractivity contribution in [2.45, 2.75) is 13.8 Å². The van der Waals surface area contributed by atoms with E-state index in [2.05, 4.69) is 6.07 Å². The first-order valence-electron chi connectivity index (χ1n) is 7.87. The smallest absolute Gasteiger partial charge is 0.341 e. The number of rotatable bonds is 5. The molecule has 2 heterocycles. The summed E-state index contributed by atoms with van der Waals surface area (Å²) >= 11 is 1.61. The zero-order chi connectivity index (χ0) is 18.8. The fraction of sp³-hybridized carbons (Fsp3) is 0.263. The van der Waals surface area contributed by atoms with Crippen LogP contribution in [0.25, 0.3) is 15.9 Å². The lowest BCUT2D eigenvalue weighted by molar-refractivity contribution is 0.0465. The maximum absolute atomic E-state index is 12.0. The van der Waals surface area contributed by atoms with Crippen LogP contribution in [0, 0.1) is 25.2 Å². The van der Waals surface area contributed by atoms with Crippen molar-refractivity contribution >= 4 is 27.5 Å². The van der Waals surface area contributed by atoms with E-state index >= 15 is 0 Å². The van der Waals surface area contributed by atoms with Crippen molar-refractivity contribution in [3.8, 4) is 17.5 Å². The van der Waals surface area contributed by atoms with Crippen LogP contribution >= 0.6 is 11.3 Å².